The summed E-state index contributed by atoms with van der Waals surface area (Å²) in [4.78, 5) is 2.41. The van der Waals surface area contributed by atoms with E-state index in [1.807, 2.05) is 0 Å². The number of ether oxygens (including phenoxy) is 2. The highest BCUT2D eigenvalue weighted by atomic mass is 16.5. The van der Waals surface area contributed by atoms with Crippen LogP contribution in [0.15, 0.2) is 0 Å². The first-order valence-corrected chi connectivity index (χ1v) is 5.76. The minimum absolute atomic E-state index is 0.0222. The summed E-state index contributed by atoms with van der Waals surface area (Å²) in [5.74, 6) is 0. The van der Waals surface area contributed by atoms with Crippen molar-refractivity contribution in [2.75, 3.05) is 46.1 Å². The molecule has 0 aromatic rings. The molecule has 2 saturated heterocycles. The fraction of sp³-hybridized carbons (Fsp3) is 1.00. The van der Waals surface area contributed by atoms with Crippen molar-refractivity contribution in [3.05, 3.63) is 0 Å². The quantitative estimate of drug-likeness (QED) is 0.725. The molecule has 0 aromatic carbocycles. The van der Waals surface area contributed by atoms with Gasteiger partial charge in [0.05, 0.1) is 26.4 Å². The second-order valence-electron chi connectivity index (χ2n) is 4.86. The van der Waals surface area contributed by atoms with Crippen molar-refractivity contribution in [1.29, 1.82) is 0 Å². The Bertz CT molecular complexity index is 204. The van der Waals surface area contributed by atoms with E-state index in [0.717, 1.165) is 39.3 Å². The van der Waals surface area contributed by atoms with Gasteiger partial charge in [-0.05, 0) is 13.3 Å². The molecule has 0 spiro atoms. The van der Waals surface area contributed by atoms with Crippen molar-refractivity contribution < 1.29 is 14.6 Å². The summed E-state index contributed by atoms with van der Waals surface area (Å²) in [5.41, 5.74) is -0.0222. The first-order valence-electron chi connectivity index (χ1n) is 5.76. The molecule has 0 saturated carbocycles. The lowest BCUT2D eigenvalue weighted by Crippen LogP contribution is -2.50. The first kappa shape index (κ1) is 11.3. The minimum atomic E-state index is -0.0222. The Hall–Kier alpha value is -0.160. The van der Waals surface area contributed by atoms with E-state index in [2.05, 4.69) is 11.8 Å². The summed E-state index contributed by atoms with van der Waals surface area (Å²) >= 11 is 0. The maximum Gasteiger partial charge on any atom is 0.0619 e. The van der Waals surface area contributed by atoms with Gasteiger partial charge in [-0.1, -0.05) is 0 Å². The monoisotopic (exact) mass is 215 g/mol. The van der Waals surface area contributed by atoms with E-state index >= 15 is 0 Å². The molecule has 4 heteroatoms. The Morgan fingerprint density at radius 2 is 2.27 bits per heavy atom. The Balaban J connectivity index is 1.93. The van der Waals surface area contributed by atoms with Crippen LogP contribution in [-0.2, 0) is 9.47 Å². The van der Waals surface area contributed by atoms with Crippen LogP contribution in [0.5, 0.6) is 0 Å². The average Bonchev–Trinajstić information content (AvgIpc) is 2.71. The molecule has 2 heterocycles. The third kappa shape index (κ3) is 2.50. The summed E-state index contributed by atoms with van der Waals surface area (Å²) in [6.45, 7) is 7.44. The second kappa shape index (κ2) is 4.78. The summed E-state index contributed by atoms with van der Waals surface area (Å²) in [5, 5.41) is 9.50. The Morgan fingerprint density at radius 1 is 1.40 bits per heavy atom. The lowest BCUT2D eigenvalue weighted by atomic mass is 9.87. The smallest absolute Gasteiger partial charge is 0.0619 e. The Morgan fingerprint density at radius 3 is 2.87 bits per heavy atom. The summed E-state index contributed by atoms with van der Waals surface area (Å²) in [7, 11) is 0. The van der Waals surface area contributed by atoms with Gasteiger partial charge < -0.3 is 14.6 Å². The maximum atomic E-state index is 9.50. The zero-order valence-electron chi connectivity index (χ0n) is 9.45. The van der Waals surface area contributed by atoms with E-state index in [4.69, 9.17) is 9.47 Å². The molecule has 0 radical (unpaired) electrons. The fourth-order valence-electron chi connectivity index (χ4n) is 2.38. The molecule has 2 unspecified atom stereocenters. The predicted octanol–water partition coefficient (Wildman–Crippen LogP) is 0.106. The van der Waals surface area contributed by atoms with Crippen molar-refractivity contribution in [2.45, 2.75) is 19.4 Å². The molecule has 4 nitrogen and oxygen atoms in total. The Kier molecular flexibility index (Phi) is 3.61. The van der Waals surface area contributed by atoms with Gasteiger partial charge in [0.1, 0.15) is 0 Å². The first-order chi connectivity index (χ1) is 7.26. The molecule has 15 heavy (non-hydrogen) atoms. The number of hydrogen-bond donors (Lipinski definition) is 1. The summed E-state index contributed by atoms with van der Waals surface area (Å²) < 4.78 is 10.8. The molecule has 0 aliphatic carbocycles. The van der Waals surface area contributed by atoms with Crippen molar-refractivity contribution in [1.82, 2.24) is 4.90 Å². The Labute approximate surface area is 91.2 Å². The van der Waals surface area contributed by atoms with Crippen LogP contribution in [0.25, 0.3) is 0 Å². The van der Waals surface area contributed by atoms with Gasteiger partial charge in [-0.25, -0.2) is 0 Å². The van der Waals surface area contributed by atoms with Gasteiger partial charge in [0, 0.05) is 31.2 Å². The van der Waals surface area contributed by atoms with Gasteiger partial charge >= 0.3 is 0 Å². The number of rotatable bonds is 3. The average molecular weight is 215 g/mol. The molecular weight excluding hydrogens is 194 g/mol. The SMILES string of the molecule is CC1COCCN1CC1(CO)CCOC1. The minimum Gasteiger partial charge on any atom is -0.396 e. The molecule has 88 valence electrons. The molecule has 2 aliphatic rings. The third-order valence-electron chi connectivity index (χ3n) is 3.56. The number of hydrogen-bond acceptors (Lipinski definition) is 4. The lowest BCUT2D eigenvalue weighted by Gasteiger charge is -2.39. The lowest BCUT2D eigenvalue weighted by molar-refractivity contribution is -0.0324. The van der Waals surface area contributed by atoms with E-state index in [0.29, 0.717) is 12.6 Å². The molecule has 0 amide bonds. The summed E-state index contributed by atoms with van der Waals surface area (Å²) in [6.07, 6.45) is 0.980. The summed E-state index contributed by atoms with van der Waals surface area (Å²) in [6, 6.07) is 0.461. The molecule has 2 fully saturated rings. The van der Waals surface area contributed by atoms with Crippen LogP contribution in [0.2, 0.25) is 0 Å². The highest BCUT2D eigenvalue weighted by molar-refractivity contribution is 4.88. The van der Waals surface area contributed by atoms with Crippen LogP contribution in [0.1, 0.15) is 13.3 Å². The van der Waals surface area contributed by atoms with Crippen molar-refractivity contribution in [2.24, 2.45) is 5.41 Å². The van der Waals surface area contributed by atoms with Crippen LogP contribution in [0, 0.1) is 5.41 Å². The van der Waals surface area contributed by atoms with Crippen LogP contribution < -0.4 is 0 Å². The van der Waals surface area contributed by atoms with E-state index in [-0.39, 0.29) is 12.0 Å². The molecule has 0 aromatic heterocycles. The molecule has 2 aliphatic heterocycles. The van der Waals surface area contributed by atoms with E-state index in [1.54, 1.807) is 0 Å². The second-order valence-corrected chi connectivity index (χ2v) is 4.86. The molecule has 2 atom stereocenters. The van der Waals surface area contributed by atoms with E-state index in [9.17, 15) is 5.11 Å². The number of aliphatic hydroxyl groups is 1. The highest BCUT2D eigenvalue weighted by Crippen LogP contribution is 2.30. The maximum absolute atomic E-state index is 9.50. The van der Waals surface area contributed by atoms with E-state index < -0.39 is 0 Å². The van der Waals surface area contributed by atoms with Gasteiger partial charge in [0.2, 0.25) is 0 Å². The fourth-order valence-corrected chi connectivity index (χ4v) is 2.38. The van der Waals surface area contributed by atoms with Gasteiger partial charge in [-0.3, -0.25) is 4.90 Å². The van der Waals surface area contributed by atoms with Gasteiger partial charge in [-0.15, -0.1) is 0 Å². The van der Waals surface area contributed by atoms with Gasteiger partial charge in [0.25, 0.3) is 0 Å². The zero-order valence-corrected chi connectivity index (χ0v) is 9.45. The van der Waals surface area contributed by atoms with Crippen molar-refractivity contribution in [3.8, 4) is 0 Å². The van der Waals surface area contributed by atoms with Crippen molar-refractivity contribution >= 4 is 0 Å². The normalized spacial score (nSPS) is 38.4. The third-order valence-corrected chi connectivity index (χ3v) is 3.56. The van der Waals surface area contributed by atoms with Crippen LogP contribution in [0.3, 0.4) is 0 Å². The van der Waals surface area contributed by atoms with Crippen LogP contribution in [-0.4, -0.2) is 62.2 Å². The number of morpholine rings is 1. The zero-order chi connectivity index (χ0) is 10.7. The number of aliphatic hydroxyl groups excluding tert-OH is 1. The van der Waals surface area contributed by atoms with Gasteiger partial charge in [0.15, 0.2) is 0 Å². The largest absolute Gasteiger partial charge is 0.396 e. The van der Waals surface area contributed by atoms with Crippen LogP contribution in [0.4, 0.5) is 0 Å². The number of nitrogens with zero attached hydrogens (tertiary/aromatic N) is 1. The van der Waals surface area contributed by atoms with Crippen molar-refractivity contribution in [3.63, 3.8) is 0 Å². The topological polar surface area (TPSA) is 41.9 Å². The highest BCUT2D eigenvalue weighted by Gasteiger charge is 2.37. The molecule has 0 bridgehead atoms. The molecule has 1 N–H and O–H groups in total. The standard InChI is InChI=1S/C11H21NO3/c1-10-6-14-5-3-12(10)7-11(8-13)2-4-15-9-11/h10,13H,2-9H2,1H3. The van der Waals surface area contributed by atoms with E-state index in [1.165, 1.54) is 0 Å². The predicted molar refractivity (Wildman–Crippen MR) is 56.8 cm³/mol. The molecule has 2 rings (SSSR count). The van der Waals surface area contributed by atoms with Gasteiger partial charge in [-0.2, -0.15) is 0 Å². The molecular formula is C11H21NO3. The van der Waals surface area contributed by atoms with Crippen LogP contribution >= 0.6 is 0 Å².